The summed E-state index contributed by atoms with van der Waals surface area (Å²) >= 11 is 0. The highest BCUT2D eigenvalue weighted by Crippen LogP contribution is 2.24. The van der Waals surface area contributed by atoms with Gasteiger partial charge in [0.1, 0.15) is 0 Å². The molecule has 4 nitrogen and oxygen atoms in total. The van der Waals surface area contributed by atoms with Crippen molar-refractivity contribution in [2.24, 2.45) is 0 Å². The molecule has 4 heteroatoms. The lowest BCUT2D eigenvalue weighted by Crippen LogP contribution is -2.23. The van der Waals surface area contributed by atoms with Crippen LogP contribution in [0.15, 0.2) is 24.5 Å². The Morgan fingerprint density at radius 2 is 2.46 bits per heavy atom. The normalized spacial score (nSPS) is 26.7. The average Bonchev–Trinajstić information content (AvgIpc) is 2.47. The molecule has 0 aliphatic carbocycles. The second-order valence-electron chi connectivity index (χ2n) is 3.05. The van der Waals surface area contributed by atoms with Crippen molar-refractivity contribution < 1.29 is 9.53 Å². The first-order chi connectivity index (χ1) is 6.27. The number of nitrogens with one attached hydrogen (secondary N) is 1. The van der Waals surface area contributed by atoms with Crippen LogP contribution in [0.5, 0.6) is 0 Å². The molecule has 1 aliphatic rings. The van der Waals surface area contributed by atoms with Crippen molar-refractivity contribution in [3.63, 3.8) is 0 Å². The fourth-order valence-corrected chi connectivity index (χ4v) is 1.41. The van der Waals surface area contributed by atoms with Gasteiger partial charge in [-0.25, -0.2) is 4.79 Å². The summed E-state index contributed by atoms with van der Waals surface area (Å²) in [7, 11) is 0. The molecule has 0 radical (unpaired) electrons. The third kappa shape index (κ3) is 1.47. The van der Waals surface area contributed by atoms with Crippen LogP contribution in [0, 0.1) is 0 Å². The van der Waals surface area contributed by atoms with Gasteiger partial charge >= 0.3 is 6.09 Å². The zero-order chi connectivity index (χ0) is 9.26. The summed E-state index contributed by atoms with van der Waals surface area (Å²) < 4.78 is 5.07. The van der Waals surface area contributed by atoms with Gasteiger partial charge in [-0.3, -0.25) is 4.98 Å². The van der Waals surface area contributed by atoms with E-state index in [1.165, 1.54) is 0 Å². The maximum atomic E-state index is 10.9. The van der Waals surface area contributed by atoms with Crippen LogP contribution in [0.25, 0.3) is 0 Å². The second-order valence-corrected chi connectivity index (χ2v) is 3.05. The third-order valence-electron chi connectivity index (χ3n) is 2.05. The van der Waals surface area contributed by atoms with Gasteiger partial charge in [0.2, 0.25) is 0 Å². The highest BCUT2D eigenvalue weighted by molar-refractivity contribution is 5.70. The first kappa shape index (κ1) is 8.04. The van der Waals surface area contributed by atoms with E-state index >= 15 is 0 Å². The van der Waals surface area contributed by atoms with Crippen molar-refractivity contribution >= 4 is 6.09 Å². The number of alkyl carbamates (subject to hydrolysis) is 1. The number of carbonyl (C=O) groups excluding carboxylic acids is 1. The zero-order valence-corrected chi connectivity index (χ0v) is 7.23. The minimum atomic E-state index is -0.360. The quantitative estimate of drug-likeness (QED) is 0.704. The van der Waals surface area contributed by atoms with E-state index in [9.17, 15) is 4.79 Å². The van der Waals surface area contributed by atoms with Crippen molar-refractivity contribution in [3.8, 4) is 0 Å². The number of nitrogens with zero attached hydrogens (tertiary/aromatic N) is 1. The molecule has 13 heavy (non-hydrogen) atoms. The Bertz CT molecular complexity index is 313. The maximum Gasteiger partial charge on any atom is 0.408 e. The Morgan fingerprint density at radius 1 is 1.62 bits per heavy atom. The molecule has 1 N–H and O–H groups in total. The predicted octanol–water partition coefficient (Wildman–Crippen LogP) is 1.25. The molecule has 1 saturated heterocycles. The van der Waals surface area contributed by atoms with Crippen molar-refractivity contribution in [3.05, 3.63) is 30.1 Å². The Balaban J connectivity index is 2.23. The molecule has 1 fully saturated rings. The van der Waals surface area contributed by atoms with Crippen LogP contribution < -0.4 is 5.32 Å². The monoisotopic (exact) mass is 178 g/mol. The van der Waals surface area contributed by atoms with Crippen LogP contribution in [0.4, 0.5) is 4.79 Å². The van der Waals surface area contributed by atoms with Gasteiger partial charge in [-0.05, 0) is 13.0 Å². The van der Waals surface area contributed by atoms with Crippen LogP contribution in [-0.2, 0) is 4.74 Å². The largest absolute Gasteiger partial charge is 0.439 e. The van der Waals surface area contributed by atoms with Gasteiger partial charge in [-0.15, -0.1) is 0 Å². The van der Waals surface area contributed by atoms with Gasteiger partial charge in [-0.2, -0.15) is 0 Å². The lowest BCUT2D eigenvalue weighted by atomic mass is 10.1. The van der Waals surface area contributed by atoms with Crippen molar-refractivity contribution in [1.29, 1.82) is 0 Å². The van der Waals surface area contributed by atoms with Gasteiger partial charge in [-0.1, -0.05) is 6.07 Å². The minimum Gasteiger partial charge on any atom is -0.439 e. The van der Waals surface area contributed by atoms with Gasteiger partial charge in [0.05, 0.1) is 6.04 Å². The van der Waals surface area contributed by atoms with Gasteiger partial charge in [0.15, 0.2) is 6.10 Å². The van der Waals surface area contributed by atoms with E-state index in [1.807, 2.05) is 19.1 Å². The minimum absolute atomic E-state index is 0.0108. The Kier molecular flexibility index (Phi) is 1.88. The number of pyridine rings is 1. The lowest BCUT2D eigenvalue weighted by Gasteiger charge is -2.11. The summed E-state index contributed by atoms with van der Waals surface area (Å²) in [5.74, 6) is 0. The maximum absolute atomic E-state index is 10.9. The molecule has 68 valence electrons. The summed E-state index contributed by atoms with van der Waals surface area (Å²) in [4.78, 5) is 14.9. The summed E-state index contributed by atoms with van der Waals surface area (Å²) in [6, 6.07) is 3.74. The van der Waals surface area contributed by atoms with E-state index in [-0.39, 0.29) is 18.2 Å². The van der Waals surface area contributed by atoms with Crippen molar-refractivity contribution in [2.45, 2.75) is 19.1 Å². The van der Waals surface area contributed by atoms with Crippen molar-refractivity contribution in [2.75, 3.05) is 0 Å². The van der Waals surface area contributed by atoms with Gasteiger partial charge in [0, 0.05) is 18.0 Å². The molecule has 2 rings (SSSR count). The van der Waals surface area contributed by atoms with Crippen LogP contribution >= 0.6 is 0 Å². The molecule has 0 aromatic carbocycles. The van der Waals surface area contributed by atoms with E-state index in [1.54, 1.807) is 12.4 Å². The summed E-state index contributed by atoms with van der Waals surface area (Å²) in [6.45, 7) is 1.91. The second kappa shape index (κ2) is 3.05. The zero-order valence-electron chi connectivity index (χ0n) is 7.23. The summed E-state index contributed by atoms with van der Waals surface area (Å²) in [5.41, 5.74) is 0.924. The molecule has 1 aliphatic heterocycles. The van der Waals surface area contributed by atoms with Crippen LogP contribution in [0.1, 0.15) is 18.6 Å². The molecule has 0 saturated carbocycles. The summed E-state index contributed by atoms with van der Waals surface area (Å²) in [5, 5.41) is 2.68. The number of amides is 1. The van der Waals surface area contributed by atoms with Gasteiger partial charge in [0.25, 0.3) is 0 Å². The summed E-state index contributed by atoms with van der Waals surface area (Å²) in [6.07, 6.45) is 2.84. The number of ether oxygens (including phenoxy) is 1. The highest BCUT2D eigenvalue weighted by Gasteiger charge is 2.31. The number of rotatable bonds is 1. The van der Waals surface area contributed by atoms with Gasteiger partial charge < -0.3 is 10.1 Å². The van der Waals surface area contributed by atoms with Crippen LogP contribution in [0.3, 0.4) is 0 Å². The molecule has 1 amide bonds. The topological polar surface area (TPSA) is 51.2 Å². The molecule has 1 aromatic heterocycles. The Morgan fingerprint density at radius 3 is 3.00 bits per heavy atom. The number of hydrogen-bond acceptors (Lipinski definition) is 3. The molecule has 0 spiro atoms. The Labute approximate surface area is 75.9 Å². The van der Waals surface area contributed by atoms with Crippen molar-refractivity contribution in [1.82, 2.24) is 10.3 Å². The number of aromatic nitrogens is 1. The highest BCUT2D eigenvalue weighted by atomic mass is 16.6. The molecule has 2 atom stereocenters. The Hall–Kier alpha value is -1.58. The molecule has 2 unspecified atom stereocenters. The molecular weight excluding hydrogens is 168 g/mol. The van der Waals surface area contributed by atoms with E-state index in [0.717, 1.165) is 5.56 Å². The first-order valence-electron chi connectivity index (χ1n) is 4.14. The fraction of sp³-hybridized carbons (Fsp3) is 0.333. The van der Waals surface area contributed by atoms with E-state index in [4.69, 9.17) is 4.74 Å². The molecule has 1 aromatic rings. The number of hydrogen-bond donors (Lipinski definition) is 1. The molecule has 0 bridgehead atoms. The lowest BCUT2D eigenvalue weighted by molar-refractivity contribution is 0.133. The SMILES string of the molecule is CC1NC(=O)OC1c1cccnc1. The number of carbonyl (C=O) groups is 1. The average molecular weight is 178 g/mol. The molecule has 2 heterocycles. The fourth-order valence-electron chi connectivity index (χ4n) is 1.41. The number of cyclic esters (lactones) is 1. The molecular formula is C9H10N2O2. The van der Waals surface area contributed by atoms with E-state index in [2.05, 4.69) is 10.3 Å². The standard InChI is InChI=1S/C9H10N2O2/c1-6-8(13-9(12)11-6)7-3-2-4-10-5-7/h2-6,8H,1H3,(H,11,12). The first-order valence-corrected chi connectivity index (χ1v) is 4.14. The smallest absolute Gasteiger partial charge is 0.408 e. The predicted molar refractivity (Wildman–Crippen MR) is 46.1 cm³/mol. The van der Waals surface area contributed by atoms with Crippen LogP contribution in [0.2, 0.25) is 0 Å². The van der Waals surface area contributed by atoms with Crippen LogP contribution in [-0.4, -0.2) is 17.1 Å². The van der Waals surface area contributed by atoms with E-state index < -0.39 is 0 Å². The van der Waals surface area contributed by atoms with E-state index in [0.29, 0.717) is 0 Å². The third-order valence-corrected chi connectivity index (χ3v) is 2.05.